The monoisotopic (exact) mass is 356 g/mol. The van der Waals surface area contributed by atoms with E-state index in [1.807, 2.05) is 12.1 Å². The molecular weight excluding hydrogens is 335 g/mol. The molecule has 6 heteroatoms. The topological polar surface area (TPSA) is 58.6 Å². The molecule has 2 atom stereocenters. The number of anilines is 1. The Hall–Kier alpha value is -2.89. The molecule has 136 valence electrons. The SMILES string of the molecule is CC1Oc2ccccc2N(CCC(=O)NC(C)c2ccccc2F)C1=O. The Morgan fingerprint density at radius 1 is 1.23 bits per heavy atom. The predicted octanol–water partition coefficient (Wildman–Crippen LogP) is 3.21. The van der Waals surface area contributed by atoms with Crippen molar-refractivity contribution in [1.82, 2.24) is 5.32 Å². The van der Waals surface area contributed by atoms with Crippen LogP contribution in [0.1, 0.15) is 31.9 Å². The number of fused-ring (bicyclic) bond motifs is 1. The van der Waals surface area contributed by atoms with E-state index >= 15 is 0 Å². The van der Waals surface area contributed by atoms with Gasteiger partial charge < -0.3 is 15.0 Å². The molecular formula is C20H21FN2O3. The standard InChI is InChI=1S/C20H21FN2O3/c1-13(15-7-3-4-8-16(15)21)22-19(24)11-12-23-17-9-5-6-10-18(17)26-14(2)20(23)25/h3-10,13-14H,11-12H2,1-2H3,(H,22,24). The number of benzene rings is 2. The molecule has 1 N–H and O–H groups in total. The second-order valence-electron chi connectivity index (χ2n) is 6.28. The van der Waals surface area contributed by atoms with Gasteiger partial charge in [-0.3, -0.25) is 9.59 Å². The lowest BCUT2D eigenvalue weighted by Crippen LogP contribution is -2.45. The van der Waals surface area contributed by atoms with Gasteiger partial charge in [0.15, 0.2) is 6.10 Å². The van der Waals surface area contributed by atoms with Crippen LogP contribution in [-0.4, -0.2) is 24.5 Å². The summed E-state index contributed by atoms with van der Waals surface area (Å²) in [6.45, 7) is 3.65. The maximum atomic E-state index is 13.8. The van der Waals surface area contributed by atoms with Crippen LogP contribution >= 0.6 is 0 Å². The Labute approximate surface area is 151 Å². The average Bonchev–Trinajstić information content (AvgIpc) is 2.62. The number of amides is 2. The van der Waals surface area contributed by atoms with Gasteiger partial charge in [-0.15, -0.1) is 0 Å². The van der Waals surface area contributed by atoms with E-state index in [1.165, 1.54) is 6.07 Å². The molecule has 2 unspecified atom stereocenters. The molecule has 26 heavy (non-hydrogen) atoms. The number of carbonyl (C=O) groups excluding carboxylic acids is 2. The minimum absolute atomic E-state index is 0.117. The highest BCUT2D eigenvalue weighted by Crippen LogP contribution is 2.33. The third-order valence-electron chi connectivity index (χ3n) is 4.39. The Morgan fingerprint density at radius 3 is 2.69 bits per heavy atom. The number of nitrogens with zero attached hydrogens (tertiary/aromatic N) is 1. The number of halogens is 1. The first-order valence-corrected chi connectivity index (χ1v) is 8.58. The first-order valence-electron chi connectivity index (χ1n) is 8.58. The number of nitrogens with one attached hydrogen (secondary N) is 1. The fraction of sp³-hybridized carbons (Fsp3) is 0.300. The van der Waals surface area contributed by atoms with Crippen molar-refractivity contribution >= 4 is 17.5 Å². The minimum Gasteiger partial charge on any atom is -0.479 e. The number of carbonyl (C=O) groups is 2. The average molecular weight is 356 g/mol. The quantitative estimate of drug-likeness (QED) is 0.895. The highest BCUT2D eigenvalue weighted by Gasteiger charge is 2.31. The van der Waals surface area contributed by atoms with Crippen molar-refractivity contribution in [3.63, 3.8) is 0 Å². The molecule has 0 fully saturated rings. The van der Waals surface area contributed by atoms with Crippen LogP contribution in [0, 0.1) is 5.82 Å². The van der Waals surface area contributed by atoms with Crippen molar-refractivity contribution < 1.29 is 18.7 Å². The number of ether oxygens (including phenoxy) is 1. The number of rotatable bonds is 5. The van der Waals surface area contributed by atoms with Gasteiger partial charge in [0.05, 0.1) is 11.7 Å². The molecule has 2 amide bonds. The van der Waals surface area contributed by atoms with Gasteiger partial charge in [0.2, 0.25) is 5.91 Å². The van der Waals surface area contributed by atoms with E-state index in [-0.39, 0.29) is 30.6 Å². The molecule has 0 spiro atoms. The lowest BCUT2D eigenvalue weighted by molar-refractivity contribution is -0.125. The van der Waals surface area contributed by atoms with Gasteiger partial charge in [-0.2, -0.15) is 0 Å². The summed E-state index contributed by atoms with van der Waals surface area (Å²) < 4.78 is 19.4. The number of hydrogen-bond donors (Lipinski definition) is 1. The van der Waals surface area contributed by atoms with E-state index in [2.05, 4.69) is 5.32 Å². The molecule has 0 aromatic heterocycles. The molecule has 1 heterocycles. The third-order valence-corrected chi connectivity index (χ3v) is 4.39. The second kappa shape index (κ2) is 7.56. The fourth-order valence-electron chi connectivity index (χ4n) is 3.02. The van der Waals surface area contributed by atoms with Gasteiger partial charge in [0.1, 0.15) is 11.6 Å². The molecule has 5 nitrogen and oxygen atoms in total. The van der Waals surface area contributed by atoms with Crippen molar-refractivity contribution in [2.45, 2.75) is 32.4 Å². The maximum Gasteiger partial charge on any atom is 0.267 e. The van der Waals surface area contributed by atoms with Gasteiger partial charge in [0.25, 0.3) is 5.91 Å². The normalized spacial score (nSPS) is 17.3. The van der Waals surface area contributed by atoms with Crippen molar-refractivity contribution in [3.8, 4) is 5.75 Å². The summed E-state index contributed by atoms with van der Waals surface area (Å²) in [5.74, 6) is -0.157. The zero-order chi connectivity index (χ0) is 18.7. The van der Waals surface area contributed by atoms with Crippen molar-refractivity contribution in [2.75, 3.05) is 11.4 Å². The number of para-hydroxylation sites is 2. The van der Waals surface area contributed by atoms with Gasteiger partial charge >= 0.3 is 0 Å². The molecule has 0 radical (unpaired) electrons. The summed E-state index contributed by atoms with van der Waals surface area (Å²) in [5, 5.41) is 2.78. The van der Waals surface area contributed by atoms with E-state index < -0.39 is 12.1 Å². The van der Waals surface area contributed by atoms with Gasteiger partial charge in [0, 0.05) is 18.5 Å². The predicted molar refractivity (Wildman–Crippen MR) is 96.5 cm³/mol. The molecule has 1 aliphatic heterocycles. The maximum absolute atomic E-state index is 13.8. The van der Waals surface area contributed by atoms with Gasteiger partial charge in [-0.1, -0.05) is 30.3 Å². The summed E-state index contributed by atoms with van der Waals surface area (Å²) in [6, 6.07) is 13.1. The highest BCUT2D eigenvalue weighted by molar-refractivity contribution is 6.00. The highest BCUT2D eigenvalue weighted by atomic mass is 19.1. The van der Waals surface area contributed by atoms with E-state index in [9.17, 15) is 14.0 Å². The summed E-state index contributed by atoms with van der Waals surface area (Å²) in [5.41, 5.74) is 1.09. The van der Waals surface area contributed by atoms with E-state index in [4.69, 9.17) is 4.74 Å². The minimum atomic E-state index is -0.592. The van der Waals surface area contributed by atoms with Crippen LogP contribution in [0.2, 0.25) is 0 Å². The van der Waals surface area contributed by atoms with Crippen LogP contribution in [0.15, 0.2) is 48.5 Å². The van der Waals surface area contributed by atoms with E-state index in [1.54, 1.807) is 49.1 Å². The van der Waals surface area contributed by atoms with E-state index in [0.717, 1.165) is 0 Å². The first kappa shape index (κ1) is 17.9. The smallest absolute Gasteiger partial charge is 0.267 e. The second-order valence-corrected chi connectivity index (χ2v) is 6.28. The molecule has 2 aromatic carbocycles. The zero-order valence-corrected chi connectivity index (χ0v) is 14.7. The Balaban J connectivity index is 1.64. The summed E-state index contributed by atoms with van der Waals surface area (Å²) >= 11 is 0. The summed E-state index contributed by atoms with van der Waals surface area (Å²) in [4.78, 5) is 26.3. The number of hydrogen-bond acceptors (Lipinski definition) is 3. The summed E-state index contributed by atoms with van der Waals surface area (Å²) in [7, 11) is 0. The molecule has 1 aliphatic rings. The summed E-state index contributed by atoms with van der Waals surface area (Å²) in [6.07, 6.45) is -0.476. The van der Waals surface area contributed by atoms with Crippen molar-refractivity contribution in [2.24, 2.45) is 0 Å². The third kappa shape index (κ3) is 3.69. The van der Waals surface area contributed by atoms with Crippen molar-refractivity contribution in [1.29, 1.82) is 0 Å². The van der Waals surface area contributed by atoms with Crippen LogP contribution in [0.3, 0.4) is 0 Å². The van der Waals surface area contributed by atoms with Crippen LogP contribution < -0.4 is 15.0 Å². The largest absolute Gasteiger partial charge is 0.479 e. The Kier molecular flexibility index (Phi) is 5.21. The van der Waals surface area contributed by atoms with Crippen LogP contribution in [-0.2, 0) is 9.59 Å². The molecule has 0 saturated heterocycles. The van der Waals surface area contributed by atoms with Gasteiger partial charge in [-0.25, -0.2) is 4.39 Å². The molecule has 2 aromatic rings. The molecule has 3 rings (SSSR count). The molecule has 0 saturated carbocycles. The van der Waals surface area contributed by atoms with Crippen LogP contribution in [0.25, 0.3) is 0 Å². The Morgan fingerprint density at radius 2 is 1.92 bits per heavy atom. The fourth-order valence-corrected chi connectivity index (χ4v) is 3.02. The molecule has 0 aliphatic carbocycles. The zero-order valence-electron chi connectivity index (χ0n) is 14.7. The van der Waals surface area contributed by atoms with Crippen LogP contribution in [0.5, 0.6) is 5.75 Å². The van der Waals surface area contributed by atoms with Crippen molar-refractivity contribution in [3.05, 3.63) is 59.9 Å². The lowest BCUT2D eigenvalue weighted by Gasteiger charge is -2.32. The molecule has 0 bridgehead atoms. The van der Waals surface area contributed by atoms with Gasteiger partial charge in [-0.05, 0) is 32.0 Å². The lowest BCUT2D eigenvalue weighted by atomic mass is 10.1. The van der Waals surface area contributed by atoms with Crippen LogP contribution in [0.4, 0.5) is 10.1 Å². The Bertz CT molecular complexity index is 824. The first-order chi connectivity index (χ1) is 12.5. The van der Waals surface area contributed by atoms with E-state index in [0.29, 0.717) is 17.0 Å².